The Kier molecular flexibility index (Phi) is 6.25. The largest absolute Gasteiger partial charge is 0.461 e. The average molecular weight is 428 g/mol. The zero-order chi connectivity index (χ0) is 21.1. The maximum absolute atomic E-state index is 12.5. The van der Waals surface area contributed by atoms with Crippen molar-refractivity contribution in [1.82, 2.24) is 9.80 Å². The number of nitrogens with one attached hydrogen (secondary N) is 1. The van der Waals surface area contributed by atoms with Crippen LogP contribution in [0, 0.1) is 5.92 Å². The van der Waals surface area contributed by atoms with Crippen LogP contribution in [0.2, 0.25) is 5.02 Å². The number of halogens is 1. The Morgan fingerprint density at radius 3 is 2.60 bits per heavy atom. The predicted molar refractivity (Wildman–Crippen MR) is 117 cm³/mol. The van der Waals surface area contributed by atoms with Gasteiger partial charge in [-0.1, -0.05) is 30.7 Å². The van der Waals surface area contributed by atoms with E-state index < -0.39 is 0 Å². The first-order valence-electron chi connectivity index (χ1n) is 10.3. The summed E-state index contributed by atoms with van der Waals surface area (Å²) in [4.78, 5) is 28.6. The number of rotatable bonds is 6. The summed E-state index contributed by atoms with van der Waals surface area (Å²) in [6.07, 6.45) is 4.48. The number of carbonyl (C=O) groups excluding carboxylic acids is 2. The van der Waals surface area contributed by atoms with Gasteiger partial charge in [0.2, 0.25) is 11.8 Å². The molecule has 0 bridgehead atoms. The standard InChI is InChI=1S/C23H26ClN3O3/c1-16-14-18(16)21-8-6-17(30-21)7-9-23(29)27-12-10-26(11-13-27)15-22(28)25-20-5-3-2-4-19(20)24/h2-9,16,18H,10-15H2,1H3,(H,25,28)/b9-7+/t16-,18+/m1/s1. The summed E-state index contributed by atoms with van der Waals surface area (Å²) in [6, 6.07) is 11.1. The second kappa shape index (κ2) is 9.06. The summed E-state index contributed by atoms with van der Waals surface area (Å²) in [6.45, 7) is 4.97. The maximum Gasteiger partial charge on any atom is 0.246 e. The summed E-state index contributed by atoms with van der Waals surface area (Å²) >= 11 is 6.08. The third kappa shape index (κ3) is 5.12. The number of benzene rings is 1. The smallest absolute Gasteiger partial charge is 0.246 e. The molecule has 6 nitrogen and oxygen atoms in total. The van der Waals surface area contributed by atoms with Gasteiger partial charge in [-0.15, -0.1) is 0 Å². The summed E-state index contributed by atoms with van der Waals surface area (Å²) in [5.74, 6) is 2.81. The Morgan fingerprint density at radius 1 is 1.17 bits per heavy atom. The minimum atomic E-state index is -0.110. The molecular weight excluding hydrogens is 402 g/mol. The van der Waals surface area contributed by atoms with E-state index in [-0.39, 0.29) is 18.4 Å². The molecule has 0 radical (unpaired) electrons. The average Bonchev–Trinajstić information content (AvgIpc) is 3.28. The summed E-state index contributed by atoms with van der Waals surface area (Å²) in [5, 5.41) is 3.35. The van der Waals surface area contributed by atoms with E-state index in [9.17, 15) is 9.59 Å². The summed E-state index contributed by atoms with van der Waals surface area (Å²) < 4.78 is 5.81. The van der Waals surface area contributed by atoms with Crippen molar-refractivity contribution in [2.24, 2.45) is 5.92 Å². The molecule has 2 fully saturated rings. The van der Waals surface area contributed by atoms with Crippen LogP contribution in [-0.2, 0) is 9.59 Å². The zero-order valence-corrected chi connectivity index (χ0v) is 17.8. The fourth-order valence-electron chi connectivity index (χ4n) is 3.72. The van der Waals surface area contributed by atoms with E-state index in [1.165, 1.54) is 6.42 Å². The van der Waals surface area contributed by atoms with Crippen LogP contribution in [0.4, 0.5) is 5.69 Å². The number of carbonyl (C=O) groups is 2. The molecule has 1 aromatic heterocycles. The minimum Gasteiger partial charge on any atom is -0.461 e. The van der Waals surface area contributed by atoms with Crippen molar-refractivity contribution < 1.29 is 14.0 Å². The molecule has 0 spiro atoms. The van der Waals surface area contributed by atoms with Crippen LogP contribution in [0.5, 0.6) is 0 Å². The van der Waals surface area contributed by atoms with Gasteiger partial charge in [0.05, 0.1) is 17.3 Å². The minimum absolute atomic E-state index is 0.0343. The van der Waals surface area contributed by atoms with Gasteiger partial charge in [-0.2, -0.15) is 0 Å². The van der Waals surface area contributed by atoms with Crippen molar-refractivity contribution in [3.63, 3.8) is 0 Å². The van der Waals surface area contributed by atoms with Crippen molar-refractivity contribution in [2.75, 3.05) is 38.0 Å². The first kappa shape index (κ1) is 20.7. The third-order valence-corrected chi connectivity index (χ3v) is 6.04. The molecule has 158 valence electrons. The van der Waals surface area contributed by atoms with Crippen LogP contribution in [0.3, 0.4) is 0 Å². The van der Waals surface area contributed by atoms with Gasteiger partial charge in [0.25, 0.3) is 0 Å². The highest BCUT2D eigenvalue weighted by Crippen LogP contribution is 2.47. The van der Waals surface area contributed by atoms with E-state index in [0.29, 0.717) is 54.5 Å². The number of hydrogen-bond acceptors (Lipinski definition) is 4. The van der Waals surface area contributed by atoms with Gasteiger partial charge in [-0.25, -0.2) is 0 Å². The monoisotopic (exact) mass is 427 g/mol. The van der Waals surface area contributed by atoms with Gasteiger partial charge < -0.3 is 14.6 Å². The SMILES string of the molecule is C[C@@H]1C[C@@H]1c1ccc(/C=C/C(=O)N2CCN(CC(=O)Nc3ccccc3Cl)CC2)o1. The molecule has 1 aliphatic heterocycles. The maximum atomic E-state index is 12.5. The van der Waals surface area contributed by atoms with Crippen molar-refractivity contribution in [3.8, 4) is 0 Å². The third-order valence-electron chi connectivity index (χ3n) is 5.71. The van der Waals surface area contributed by atoms with E-state index in [0.717, 1.165) is 5.76 Å². The van der Waals surface area contributed by atoms with Gasteiger partial charge in [-0.05, 0) is 42.7 Å². The van der Waals surface area contributed by atoms with E-state index in [2.05, 4.69) is 12.2 Å². The van der Waals surface area contributed by atoms with E-state index in [4.69, 9.17) is 16.0 Å². The molecule has 1 N–H and O–H groups in total. The van der Waals surface area contributed by atoms with Gasteiger partial charge >= 0.3 is 0 Å². The molecule has 0 unspecified atom stereocenters. The first-order chi connectivity index (χ1) is 14.5. The lowest BCUT2D eigenvalue weighted by Gasteiger charge is -2.33. The van der Waals surface area contributed by atoms with Crippen molar-refractivity contribution >= 4 is 35.2 Å². The van der Waals surface area contributed by atoms with Crippen molar-refractivity contribution in [3.05, 3.63) is 59.0 Å². The lowest BCUT2D eigenvalue weighted by atomic mass is 10.2. The quantitative estimate of drug-likeness (QED) is 0.711. The first-order valence-corrected chi connectivity index (χ1v) is 10.7. The van der Waals surface area contributed by atoms with Crippen LogP contribution in [0.25, 0.3) is 6.08 Å². The van der Waals surface area contributed by atoms with Crippen LogP contribution in [0.15, 0.2) is 46.9 Å². The highest BCUT2D eigenvalue weighted by molar-refractivity contribution is 6.33. The highest BCUT2D eigenvalue weighted by atomic mass is 35.5. The molecule has 2 aromatic rings. The Balaban J connectivity index is 1.22. The molecule has 1 aromatic carbocycles. The molecule has 2 aliphatic rings. The van der Waals surface area contributed by atoms with Crippen LogP contribution in [-0.4, -0.2) is 54.3 Å². The molecule has 2 atom stereocenters. The predicted octanol–water partition coefficient (Wildman–Crippen LogP) is 3.85. The Hall–Kier alpha value is -2.57. The second-order valence-corrected chi connectivity index (χ2v) is 8.43. The zero-order valence-electron chi connectivity index (χ0n) is 17.0. The van der Waals surface area contributed by atoms with Crippen LogP contribution >= 0.6 is 11.6 Å². The van der Waals surface area contributed by atoms with Gasteiger partial charge in [0.15, 0.2) is 0 Å². The molecule has 7 heteroatoms. The topological polar surface area (TPSA) is 65.8 Å². The van der Waals surface area contributed by atoms with Gasteiger partial charge in [0.1, 0.15) is 11.5 Å². The van der Waals surface area contributed by atoms with Crippen LogP contribution < -0.4 is 5.32 Å². The number of anilines is 1. The van der Waals surface area contributed by atoms with E-state index >= 15 is 0 Å². The molecule has 1 saturated heterocycles. The lowest BCUT2D eigenvalue weighted by Crippen LogP contribution is -2.50. The fraction of sp³-hybridized carbons (Fsp3) is 0.391. The molecule has 4 rings (SSSR count). The Labute approximate surface area is 181 Å². The van der Waals surface area contributed by atoms with Crippen molar-refractivity contribution in [1.29, 1.82) is 0 Å². The molecular formula is C23H26ClN3O3. The summed E-state index contributed by atoms with van der Waals surface area (Å²) in [5.41, 5.74) is 0.611. The number of piperazine rings is 1. The van der Waals surface area contributed by atoms with Crippen LogP contribution in [0.1, 0.15) is 30.8 Å². The molecule has 1 saturated carbocycles. The normalized spacial score (nSPS) is 21.7. The van der Waals surface area contributed by atoms with E-state index in [1.54, 1.807) is 29.2 Å². The van der Waals surface area contributed by atoms with E-state index in [1.807, 2.05) is 29.2 Å². The fourth-order valence-corrected chi connectivity index (χ4v) is 3.90. The summed E-state index contributed by atoms with van der Waals surface area (Å²) in [7, 11) is 0. The highest BCUT2D eigenvalue weighted by Gasteiger charge is 2.36. The van der Waals surface area contributed by atoms with Crippen molar-refractivity contribution in [2.45, 2.75) is 19.3 Å². The molecule has 2 heterocycles. The number of para-hydroxylation sites is 1. The molecule has 2 amide bonds. The molecule has 30 heavy (non-hydrogen) atoms. The number of furan rings is 1. The Bertz CT molecular complexity index is 947. The number of nitrogens with zero attached hydrogens (tertiary/aromatic N) is 2. The number of amides is 2. The lowest BCUT2D eigenvalue weighted by molar-refractivity contribution is -0.127. The molecule has 1 aliphatic carbocycles. The van der Waals surface area contributed by atoms with Gasteiger partial charge in [0, 0.05) is 38.2 Å². The second-order valence-electron chi connectivity index (χ2n) is 8.02. The van der Waals surface area contributed by atoms with Gasteiger partial charge in [-0.3, -0.25) is 14.5 Å². The number of hydrogen-bond donors (Lipinski definition) is 1. The Morgan fingerprint density at radius 2 is 1.90 bits per heavy atom.